The lowest BCUT2D eigenvalue weighted by molar-refractivity contribution is 0.281. The number of phenolic OH excluding ortho intramolecular Hbond substituents is 1. The smallest absolute Gasteiger partial charge is 0.119 e. The van der Waals surface area contributed by atoms with Gasteiger partial charge in [-0.2, -0.15) is 0 Å². The van der Waals surface area contributed by atoms with Crippen LogP contribution >= 0.6 is 11.6 Å². The molecule has 4 heteroatoms. The van der Waals surface area contributed by atoms with E-state index in [0.29, 0.717) is 6.61 Å². The van der Waals surface area contributed by atoms with Crippen LogP contribution in [0.5, 0.6) is 11.5 Å². The molecule has 0 aliphatic rings. The molecule has 0 atom stereocenters. The van der Waals surface area contributed by atoms with Gasteiger partial charge in [-0.05, 0) is 91.2 Å². The Kier molecular flexibility index (Phi) is 8.16. The summed E-state index contributed by atoms with van der Waals surface area (Å²) in [6, 6.07) is 23.6. The van der Waals surface area contributed by atoms with Gasteiger partial charge in [-0.25, -0.2) is 0 Å². The number of hydrogen-bond donors (Lipinski definition) is 1. The highest BCUT2D eigenvalue weighted by Gasteiger charge is 2.13. The van der Waals surface area contributed by atoms with E-state index < -0.39 is 0 Å². The Hall–Kier alpha value is -2.75. The lowest BCUT2D eigenvalue weighted by atomic mass is 9.88. The molecule has 31 heavy (non-hydrogen) atoms. The zero-order chi connectivity index (χ0) is 22.2. The Morgan fingerprint density at radius 3 is 1.94 bits per heavy atom. The van der Waals surface area contributed by atoms with Crippen molar-refractivity contribution >= 4 is 22.7 Å². The summed E-state index contributed by atoms with van der Waals surface area (Å²) in [5.74, 6) is 1.13. The van der Waals surface area contributed by atoms with Crippen LogP contribution in [0.3, 0.4) is 0 Å². The summed E-state index contributed by atoms with van der Waals surface area (Å²) in [4.78, 5) is 2.16. The number of aromatic hydroxyl groups is 1. The topological polar surface area (TPSA) is 32.7 Å². The summed E-state index contributed by atoms with van der Waals surface area (Å²) in [7, 11) is 4.13. The molecule has 0 unspecified atom stereocenters. The van der Waals surface area contributed by atoms with Gasteiger partial charge in [-0.3, -0.25) is 0 Å². The van der Waals surface area contributed by atoms with Crippen LogP contribution < -0.4 is 4.74 Å². The molecule has 0 amide bonds. The second-order valence-corrected chi connectivity index (χ2v) is 8.23. The van der Waals surface area contributed by atoms with Crippen molar-refractivity contribution in [3.63, 3.8) is 0 Å². The molecule has 0 aliphatic carbocycles. The standard InChI is InChI=1S/C27H30ClNO2/c1-4-26(20-6-12-23(28)13-7-20)27(21-8-14-24(30)15-9-21)22-10-16-25(17-11-22)31-19-5-18-29(2)3/h6-17,30H,4-5,18-19H2,1-3H3/b27-26+. The summed E-state index contributed by atoms with van der Waals surface area (Å²) in [5, 5.41) is 10.5. The number of benzene rings is 3. The van der Waals surface area contributed by atoms with Gasteiger partial charge in [0.25, 0.3) is 0 Å². The first-order valence-electron chi connectivity index (χ1n) is 10.6. The average molecular weight is 436 g/mol. The lowest BCUT2D eigenvalue weighted by Crippen LogP contribution is -2.15. The number of rotatable bonds is 9. The Morgan fingerprint density at radius 2 is 1.39 bits per heavy atom. The first-order chi connectivity index (χ1) is 15.0. The van der Waals surface area contributed by atoms with Crippen molar-refractivity contribution in [1.29, 1.82) is 0 Å². The van der Waals surface area contributed by atoms with Crippen LogP contribution in [-0.4, -0.2) is 37.3 Å². The maximum absolute atomic E-state index is 9.78. The molecule has 0 spiro atoms. The fourth-order valence-corrected chi connectivity index (χ4v) is 3.73. The van der Waals surface area contributed by atoms with Crippen LogP contribution in [0, 0.1) is 0 Å². The van der Waals surface area contributed by atoms with Gasteiger partial charge in [0.2, 0.25) is 0 Å². The molecule has 3 nitrogen and oxygen atoms in total. The zero-order valence-corrected chi connectivity index (χ0v) is 19.2. The molecule has 1 N–H and O–H groups in total. The fraction of sp³-hybridized carbons (Fsp3) is 0.259. The Morgan fingerprint density at radius 1 is 0.839 bits per heavy atom. The fourth-order valence-electron chi connectivity index (χ4n) is 3.61. The monoisotopic (exact) mass is 435 g/mol. The zero-order valence-electron chi connectivity index (χ0n) is 18.4. The average Bonchev–Trinajstić information content (AvgIpc) is 2.77. The normalized spacial score (nSPS) is 12.0. The van der Waals surface area contributed by atoms with Gasteiger partial charge in [0.1, 0.15) is 11.5 Å². The highest BCUT2D eigenvalue weighted by molar-refractivity contribution is 6.30. The molecular weight excluding hydrogens is 406 g/mol. The molecule has 3 aromatic rings. The van der Waals surface area contributed by atoms with Crippen molar-refractivity contribution in [3.05, 3.63) is 94.5 Å². The predicted octanol–water partition coefficient (Wildman–Crippen LogP) is 6.75. The van der Waals surface area contributed by atoms with Crippen molar-refractivity contribution in [2.24, 2.45) is 0 Å². The first-order valence-corrected chi connectivity index (χ1v) is 11.0. The van der Waals surface area contributed by atoms with E-state index in [2.05, 4.69) is 50.2 Å². The summed E-state index contributed by atoms with van der Waals surface area (Å²) >= 11 is 6.12. The molecule has 0 heterocycles. The van der Waals surface area contributed by atoms with E-state index in [9.17, 15) is 5.11 Å². The van der Waals surface area contributed by atoms with Crippen LogP contribution in [0.1, 0.15) is 36.5 Å². The van der Waals surface area contributed by atoms with Crippen LogP contribution in [0.2, 0.25) is 5.02 Å². The van der Waals surface area contributed by atoms with Crippen molar-refractivity contribution in [1.82, 2.24) is 4.90 Å². The second kappa shape index (κ2) is 11.0. The molecule has 0 saturated carbocycles. The molecule has 0 aliphatic heterocycles. The van der Waals surface area contributed by atoms with Gasteiger partial charge in [0, 0.05) is 11.6 Å². The van der Waals surface area contributed by atoms with Gasteiger partial charge >= 0.3 is 0 Å². The molecule has 162 valence electrons. The molecule has 0 aromatic heterocycles. The van der Waals surface area contributed by atoms with Crippen LogP contribution in [0.15, 0.2) is 72.8 Å². The third-order valence-electron chi connectivity index (χ3n) is 5.17. The van der Waals surface area contributed by atoms with Crippen molar-refractivity contribution < 1.29 is 9.84 Å². The van der Waals surface area contributed by atoms with Gasteiger partial charge < -0.3 is 14.7 Å². The minimum absolute atomic E-state index is 0.258. The third kappa shape index (κ3) is 6.36. The number of nitrogens with zero attached hydrogens (tertiary/aromatic N) is 1. The lowest BCUT2D eigenvalue weighted by Gasteiger charge is -2.17. The van der Waals surface area contributed by atoms with Crippen LogP contribution in [-0.2, 0) is 0 Å². The van der Waals surface area contributed by atoms with Crippen molar-refractivity contribution in [2.75, 3.05) is 27.2 Å². The second-order valence-electron chi connectivity index (χ2n) is 7.79. The molecular formula is C27H30ClNO2. The maximum Gasteiger partial charge on any atom is 0.119 e. The number of hydrogen-bond acceptors (Lipinski definition) is 3. The van der Waals surface area contributed by atoms with E-state index in [4.69, 9.17) is 16.3 Å². The molecule has 0 saturated heterocycles. The SMILES string of the molecule is CC/C(=C(/c1ccc(O)cc1)c1ccc(OCCCN(C)C)cc1)c1ccc(Cl)cc1. The third-order valence-corrected chi connectivity index (χ3v) is 5.42. The number of halogens is 1. The molecule has 0 bridgehead atoms. The number of ether oxygens (including phenoxy) is 1. The van der Waals surface area contributed by atoms with Crippen LogP contribution in [0.4, 0.5) is 0 Å². The van der Waals surface area contributed by atoms with E-state index in [1.54, 1.807) is 12.1 Å². The molecule has 0 fully saturated rings. The Balaban J connectivity index is 1.97. The van der Waals surface area contributed by atoms with Crippen LogP contribution in [0.25, 0.3) is 11.1 Å². The van der Waals surface area contributed by atoms with Gasteiger partial charge in [-0.15, -0.1) is 0 Å². The Bertz CT molecular complexity index is 991. The van der Waals surface area contributed by atoms with E-state index in [1.807, 2.05) is 36.4 Å². The van der Waals surface area contributed by atoms with Gasteiger partial charge in [0.15, 0.2) is 0 Å². The van der Waals surface area contributed by atoms with E-state index >= 15 is 0 Å². The minimum atomic E-state index is 0.258. The molecule has 3 aromatic carbocycles. The summed E-state index contributed by atoms with van der Waals surface area (Å²) in [6.45, 7) is 3.86. The van der Waals surface area contributed by atoms with Crippen molar-refractivity contribution in [2.45, 2.75) is 19.8 Å². The number of allylic oxidation sites excluding steroid dienone is 1. The van der Waals surface area contributed by atoms with E-state index in [-0.39, 0.29) is 5.75 Å². The van der Waals surface area contributed by atoms with Gasteiger partial charge in [0.05, 0.1) is 6.61 Å². The van der Waals surface area contributed by atoms with Crippen molar-refractivity contribution in [3.8, 4) is 11.5 Å². The summed E-state index contributed by atoms with van der Waals surface area (Å²) in [6.07, 6.45) is 1.85. The highest BCUT2D eigenvalue weighted by atomic mass is 35.5. The Labute approximate surface area is 190 Å². The quantitative estimate of drug-likeness (QED) is 0.298. The number of phenols is 1. The van der Waals surface area contributed by atoms with Gasteiger partial charge in [-0.1, -0.05) is 54.9 Å². The van der Waals surface area contributed by atoms with E-state index in [0.717, 1.165) is 52.4 Å². The summed E-state index contributed by atoms with van der Waals surface area (Å²) < 4.78 is 5.91. The van der Waals surface area contributed by atoms with E-state index in [1.165, 1.54) is 5.57 Å². The molecule has 0 radical (unpaired) electrons. The summed E-state index contributed by atoms with van der Waals surface area (Å²) in [5.41, 5.74) is 5.67. The largest absolute Gasteiger partial charge is 0.508 e. The predicted molar refractivity (Wildman–Crippen MR) is 131 cm³/mol. The minimum Gasteiger partial charge on any atom is -0.508 e. The maximum atomic E-state index is 9.78. The molecule has 3 rings (SSSR count). The highest BCUT2D eigenvalue weighted by Crippen LogP contribution is 2.36. The first kappa shape index (κ1) is 22.9.